The molecule has 7 heteroatoms. The lowest BCUT2D eigenvalue weighted by Crippen LogP contribution is -2.33. The summed E-state index contributed by atoms with van der Waals surface area (Å²) in [7, 11) is 0. The van der Waals surface area contributed by atoms with Gasteiger partial charge in [0, 0.05) is 17.9 Å². The van der Waals surface area contributed by atoms with Gasteiger partial charge in [-0.05, 0) is 58.7 Å². The number of benzene rings is 3. The molecular weight excluding hydrogens is 458 g/mol. The zero-order valence-corrected chi connectivity index (χ0v) is 18.1. The number of allylic oxidation sites excluding steroid dienone is 3. The van der Waals surface area contributed by atoms with Crippen LogP contribution in [0.15, 0.2) is 84.5 Å². The fraction of sp³-hybridized carbons (Fsp3) is 0.143. The summed E-state index contributed by atoms with van der Waals surface area (Å²) in [5.41, 5.74) is 2.76. The molecule has 4 atom stereocenters. The van der Waals surface area contributed by atoms with Gasteiger partial charge in [0.15, 0.2) is 0 Å². The minimum absolute atomic E-state index is 0.130. The molecule has 174 valence electrons. The molecule has 2 aliphatic carbocycles. The van der Waals surface area contributed by atoms with E-state index in [1.54, 1.807) is 24.3 Å². The third-order valence-electron chi connectivity index (χ3n) is 7.08. The number of carbonyl (C=O) groups is 2. The third-order valence-corrected chi connectivity index (χ3v) is 7.08. The van der Waals surface area contributed by atoms with E-state index in [0.717, 1.165) is 22.6 Å². The SMILES string of the molecule is O=C1[C@H]2[C@H](C(=O)N1c1cc(F)cc(F)c1)[C@@H]1C=C[C@@H]2C1=C(c1ccc(F)cc1)c1ccc(F)cc1. The van der Waals surface area contributed by atoms with Gasteiger partial charge in [-0.2, -0.15) is 0 Å². The summed E-state index contributed by atoms with van der Waals surface area (Å²) in [6.07, 6.45) is 3.74. The first kappa shape index (κ1) is 21.5. The lowest BCUT2D eigenvalue weighted by molar-refractivity contribution is -0.122. The van der Waals surface area contributed by atoms with Crippen molar-refractivity contribution in [3.05, 3.63) is 119 Å². The van der Waals surface area contributed by atoms with Gasteiger partial charge in [0.1, 0.15) is 23.3 Å². The molecule has 35 heavy (non-hydrogen) atoms. The molecule has 0 unspecified atom stereocenters. The third kappa shape index (κ3) is 3.26. The van der Waals surface area contributed by atoms with Crippen molar-refractivity contribution in [3.8, 4) is 0 Å². The molecule has 0 N–H and O–H groups in total. The van der Waals surface area contributed by atoms with Crippen LogP contribution in [0.3, 0.4) is 0 Å². The maximum Gasteiger partial charge on any atom is 0.238 e. The molecule has 6 rings (SSSR count). The van der Waals surface area contributed by atoms with Crippen LogP contribution in [0, 0.1) is 46.9 Å². The van der Waals surface area contributed by atoms with E-state index < -0.39 is 58.8 Å². The molecule has 3 aromatic rings. The van der Waals surface area contributed by atoms with Crippen molar-refractivity contribution in [2.24, 2.45) is 23.7 Å². The van der Waals surface area contributed by atoms with E-state index in [4.69, 9.17) is 0 Å². The Labute approximate surface area is 198 Å². The summed E-state index contributed by atoms with van der Waals surface area (Å²) in [5.74, 6) is -5.94. The van der Waals surface area contributed by atoms with Gasteiger partial charge in [0.2, 0.25) is 11.8 Å². The number of carbonyl (C=O) groups excluding carboxylic acids is 2. The Morgan fingerprint density at radius 2 is 1.03 bits per heavy atom. The molecule has 1 aliphatic heterocycles. The van der Waals surface area contributed by atoms with Gasteiger partial charge in [-0.15, -0.1) is 0 Å². The minimum atomic E-state index is -0.880. The molecule has 2 amide bonds. The largest absolute Gasteiger partial charge is 0.274 e. The number of amides is 2. The fourth-order valence-corrected chi connectivity index (χ4v) is 5.75. The van der Waals surface area contributed by atoms with E-state index in [1.165, 1.54) is 24.3 Å². The van der Waals surface area contributed by atoms with Crippen LogP contribution >= 0.6 is 0 Å². The van der Waals surface area contributed by atoms with Crippen molar-refractivity contribution in [1.82, 2.24) is 0 Å². The van der Waals surface area contributed by atoms with Crippen molar-refractivity contribution in [2.45, 2.75) is 0 Å². The second-order valence-corrected chi connectivity index (χ2v) is 8.97. The van der Waals surface area contributed by atoms with Gasteiger partial charge in [0.25, 0.3) is 0 Å². The van der Waals surface area contributed by atoms with E-state index in [1.807, 2.05) is 12.2 Å². The number of hydrogen-bond acceptors (Lipinski definition) is 2. The highest BCUT2D eigenvalue weighted by Crippen LogP contribution is 2.58. The highest BCUT2D eigenvalue weighted by Gasteiger charge is 2.62. The molecule has 2 bridgehead atoms. The number of fused-ring (bicyclic) bond motifs is 5. The second kappa shape index (κ2) is 7.77. The molecule has 0 spiro atoms. The Morgan fingerprint density at radius 3 is 1.46 bits per heavy atom. The van der Waals surface area contributed by atoms with Gasteiger partial charge >= 0.3 is 0 Å². The molecule has 3 aliphatic rings. The van der Waals surface area contributed by atoms with Crippen LogP contribution < -0.4 is 4.90 Å². The molecule has 3 nitrogen and oxygen atoms in total. The molecule has 2 fully saturated rings. The van der Waals surface area contributed by atoms with Gasteiger partial charge < -0.3 is 0 Å². The quantitative estimate of drug-likeness (QED) is 0.278. The Balaban J connectivity index is 1.49. The monoisotopic (exact) mass is 475 g/mol. The van der Waals surface area contributed by atoms with Crippen LogP contribution in [0.4, 0.5) is 23.2 Å². The first-order valence-corrected chi connectivity index (χ1v) is 11.1. The number of imide groups is 1. The maximum atomic E-state index is 13.8. The number of anilines is 1. The maximum absolute atomic E-state index is 13.8. The predicted molar refractivity (Wildman–Crippen MR) is 121 cm³/mol. The molecule has 3 aromatic carbocycles. The van der Waals surface area contributed by atoms with E-state index in [2.05, 4.69) is 0 Å². The summed E-state index contributed by atoms with van der Waals surface area (Å²) < 4.78 is 55.0. The van der Waals surface area contributed by atoms with Crippen LogP contribution in [-0.2, 0) is 9.59 Å². The van der Waals surface area contributed by atoms with E-state index in [0.29, 0.717) is 22.8 Å². The topological polar surface area (TPSA) is 37.4 Å². The summed E-state index contributed by atoms with van der Waals surface area (Å²) in [6.45, 7) is 0. The van der Waals surface area contributed by atoms with Crippen LogP contribution in [0.2, 0.25) is 0 Å². The van der Waals surface area contributed by atoms with Gasteiger partial charge in [-0.3, -0.25) is 9.59 Å². The first-order valence-electron chi connectivity index (χ1n) is 11.1. The van der Waals surface area contributed by atoms with Crippen molar-refractivity contribution in [1.29, 1.82) is 0 Å². The molecule has 1 saturated heterocycles. The molecule has 1 saturated carbocycles. The Kier molecular flexibility index (Phi) is 4.78. The predicted octanol–water partition coefficient (Wildman–Crippen LogP) is 5.67. The van der Waals surface area contributed by atoms with E-state index >= 15 is 0 Å². The van der Waals surface area contributed by atoms with Crippen molar-refractivity contribution in [2.75, 3.05) is 4.90 Å². The smallest absolute Gasteiger partial charge is 0.238 e. The highest BCUT2D eigenvalue weighted by molar-refractivity contribution is 6.23. The van der Waals surface area contributed by atoms with Crippen LogP contribution in [0.25, 0.3) is 5.57 Å². The molecule has 1 heterocycles. The fourth-order valence-electron chi connectivity index (χ4n) is 5.75. The Hall–Kier alpha value is -4.00. The second-order valence-electron chi connectivity index (χ2n) is 8.97. The standard InChI is InChI=1S/C28H17F4NO2/c29-16-5-1-14(2-6-16)23(15-3-7-17(30)8-4-15)24-21-9-10-22(24)26-25(21)27(34)33(28(26)35)20-12-18(31)11-19(32)13-20/h1-13,21-22,25-26H/t21-,22-,25-,26-/m1/s1. The average molecular weight is 475 g/mol. The zero-order valence-electron chi connectivity index (χ0n) is 18.1. The summed E-state index contributed by atoms with van der Waals surface area (Å²) in [5, 5.41) is 0. The van der Waals surface area contributed by atoms with Gasteiger partial charge in [-0.25, -0.2) is 22.5 Å². The molecular formula is C28H17F4NO2. The minimum Gasteiger partial charge on any atom is -0.274 e. The normalized spacial score (nSPS) is 24.5. The summed E-state index contributed by atoms with van der Waals surface area (Å²) in [6, 6.07) is 14.3. The van der Waals surface area contributed by atoms with Crippen molar-refractivity contribution in [3.63, 3.8) is 0 Å². The van der Waals surface area contributed by atoms with Crippen LogP contribution in [-0.4, -0.2) is 11.8 Å². The number of nitrogens with zero attached hydrogens (tertiary/aromatic N) is 1. The number of hydrogen-bond donors (Lipinski definition) is 0. The number of rotatable bonds is 3. The van der Waals surface area contributed by atoms with Gasteiger partial charge in [0.05, 0.1) is 17.5 Å². The van der Waals surface area contributed by atoms with E-state index in [-0.39, 0.29) is 5.69 Å². The highest BCUT2D eigenvalue weighted by atomic mass is 19.1. The average Bonchev–Trinajstić information content (AvgIpc) is 3.45. The van der Waals surface area contributed by atoms with Crippen molar-refractivity contribution >= 4 is 23.1 Å². The molecule has 0 radical (unpaired) electrons. The van der Waals surface area contributed by atoms with Gasteiger partial charge in [-0.1, -0.05) is 36.4 Å². The summed E-state index contributed by atoms with van der Waals surface area (Å²) in [4.78, 5) is 27.8. The Bertz CT molecular complexity index is 1340. The zero-order chi connectivity index (χ0) is 24.4. The van der Waals surface area contributed by atoms with Crippen LogP contribution in [0.5, 0.6) is 0 Å². The lowest BCUT2D eigenvalue weighted by Gasteiger charge is -2.21. The lowest BCUT2D eigenvalue weighted by atomic mass is 9.85. The van der Waals surface area contributed by atoms with Crippen molar-refractivity contribution < 1.29 is 27.2 Å². The van der Waals surface area contributed by atoms with E-state index in [9.17, 15) is 27.2 Å². The Morgan fingerprint density at radius 1 is 0.600 bits per heavy atom. The molecule has 0 aromatic heterocycles. The number of halogens is 4. The first-order chi connectivity index (χ1) is 16.8. The van der Waals surface area contributed by atoms with Crippen LogP contribution in [0.1, 0.15) is 11.1 Å². The summed E-state index contributed by atoms with van der Waals surface area (Å²) >= 11 is 0.